The maximum atomic E-state index is 14.4. The fourth-order valence-electron chi connectivity index (χ4n) is 1.99. The van der Waals surface area contributed by atoms with Gasteiger partial charge in [-0.15, -0.1) is 0 Å². The minimum atomic E-state index is -4.02. The molecule has 25 heavy (non-hydrogen) atoms. The molecule has 0 radical (unpaired) electrons. The molecule has 0 aliphatic carbocycles. The molecular formula is C14H13F3N4O3S. The second-order valence-electron chi connectivity index (χ2n) is 4.91. The van der Waals surface area contributed by atoms with Crippen LogP contribution in [0.1, 0.15) is 21.5 Å². The van der Waals surface area contributed by atoms with Gasteiger partial charge in [-0.05, 0) is 29.3 Å². The van der Waals surface area contributed by atoms with E-state index in [0.29, 0.717) is 6.07 Å². The highest BCUT2D eigenvalue weighted by molar-refractivity contribution is 7.90. The zero-order chi connectivity index (χ0) is 18.8. The lowest BCUT2D eigenvalue weighted by Crippen LogP contribution is -2.27. The number of aromatic nitrogens is 1. The average Bonchev–Trinajstić information content (AvgIpc) is 2.54. The third kappa shape index (κ3) is 4.25. The van der Waals surface area contributed by atoms with Crippen LogP contribution in [0.15, 0.2) is 24.4 Å². The van der Waals surface area contributed by atoms with Gasteiger partial charge in [-0.1, -0.05) is 0 Å². The zero-order valence-electron chi connectivity index (χ0n) is 12.8. The van der Waals surface area contributed by atoms with Gasteiger partial charge in [0, 0.05) is 25.2 Å². The molecule has 0 aliphatic heterocycles. The lowest BCUT2D eigenvalue weighted by Gasteiger charge is -2.11. The Balaban J connectivity index is 2.44. The molecule has 1 aromatic heterocycles. The summed E-state index contributed by atoms with van der Waals surface area (Å²) in [6.07, 6.45) is 0.643. The molecule has 0 spiro atoms. The van der Waals surface area contributed by atoms with Crippen LogP contribution in [0.4, 0.5) is 19.0 Å². The van der Waals surface area contributed by atoms with Crippen molar-refractivity contribution in [3.63, 3.8) is 0 Å². The summed E-state index contributed by atoms with van der Waals surface area (Å²) in [5.74, 6) is -5.22. The van der Waals surface area contributed by atoms with Crippen molar-refractivity contribution < 1.29 is 26.4 Å². The Morgan fingerprint density at radius 1 is 1.20 bits per heavy atom. The predicted molar refractivity (Wildman–Crippen MR) is 83.5 cm³/mol. The van der Waals surface area contributed by atoms with Crippen molar-refractivity contribution in [3.8, 4) is 0 Å². The maximum absolute atomic E-state index is 14.4. The van der Waals surface area contributed by atoms with Crippen molar-refractivity contribution in [2.75, 3.05) is 11.8 Å². The SMILES string of the molecule is CNS(=O)(=O)Nc1nccc(Cc2cc(C(N)=O)cc(F)c2F)c1F. The molecule has 0 aliphatic rings. The highest BCUT2D eigenvalue weighted by atomic mass is 32.2. The number of pyridine rings is 1. The molecule has 0 fully saturated rings. The zero-order valence-corrected chi connectivity index (χ0v) is 13.6. The Bertz CT molecular complexity index is 935. The van der Waals surface area contributed by atoms with Gasteiger partial charge in [-0.3, -0.25) is 9.52 Å². The Morgan fingerprint density at radius 2 is 1.88 bits per heavy atom. The molecule has 2 aromatic rings. The molecule has 0 saturated heterocycles. The standard InChI is InChI=1S/C14H13F3N4O3S/c1-19-25(23,24)21-14-12(17)7(2-3-20-14)4-8-5-9(13(18)22)6-10(15)11(8)16/h2-3,5-6,19H,4H2,1H3,(H2,18,22)(H,20,21). The maximum Gasteiger partial charge on any atom is 0.300 e. The molecule has 1 amide bonds. The number of hydrogen-bond acceptors (Lipinski definition) is 4. The van der Waals surface area contributed by atoms with Crippen LogP contribution in [0.5, 0.6) is 0 Å². The summed E-state index contributed by atoms with van der Waals surface area (Å²) >= 11 is 0. The number of halogens is 3. The first-order valence-corrected chi connectivity index (χ1v) is 8.25. The monoisotopic (exact) mass is 374 g/mol. The third-order valence-corrected chi connectivity index (χ3v) is 4.24. The lowest BCUT2D eigenvalue weighted by atomic mass is 10.0. The Kier molecular flexibility index (Phi) is 5.28. The summed E-state index contributed by atoms with van der Waals surface area (Å²) in [4.78, 5) is 14.7. The number of nitrogens with two attached hydrogens (primary N) is 1. The molecule has 0 saturated carbocycles. The first-order chi connectivity index (χ1) is 11.6. The normalized spacial score (nSPS) is 11.4. The van der Waals surface area contributed by atoms with E-state index in [0.717, 1.165) is 19.3 Å². The van der Waals surface area contributed by atoms with Crippen molar-refractivity contribution in [1.82, 2.24) is 9.71 Å². The van der Waals surface area contributed by atoms with Crippen LogP contribution in [-0.4, -0.2) is 26.4 Å². The van der Waals surface area contributed by atoms with Crippen LogP contribution in [0.2, 0.25) is 0 Å². The molecule has 0 bridgehead atoms. The van der Waals surface area contributed by atoms with Crippen molar-refractivity contribution in [2.45, 2.75) is 6.42 Å². The summed E-state index contributed by atoms with van der Waals surface area (Å²) in [6, 6.07) is 2.80. The molecule has 11 heteroatoms. The predicted octanol–water partition coefficient (Wildman–Crippen LogP) is 1.06. The van der Waals surface area contributed by atoms with Crippen LogP contribution in [0.3, 0.4) is 0 Å². The minimum absolute atomic E-state index is 0.163. The summed E-state index contributed by atoms with van der Waals surface area (Å²) in [7, 11) is -2.91. The Morgan fingerprint density at radius 3 is 2.48 bits per heavy atom. The highest BCUT2D eigenvalue weighted by Gasteiger charge is 2.18. The average molecular weight is 374 g/mol. The van der Waals surface area contributed by atoms with Crippen LogP contribution < -0.4 is 15.2 Å². The van der Waals surface area contributed by atoms with E-state index in [-0.39, 0.29) is 16.7 Å². The Labute approximate surface area is 141 Å². The first-order valence-electron chi connectivity index (χ1n) is 6.77. The van der Waals surface area contributed by atoms with Gasteiger partial charge in [-0.2, -0.15) is 8.42 Å². The molecule has 1 aromatic carbocycles. The van der Waals surface area contributed by atoms with Crippen LogP contribution >= 0.6 is 0 Å². The van der Waals surface area contributed by atoms with E-state index in [1.165, 1.54) is 6.07 Å². The van der Waals surface area contributed by atoms with Crippen molar-refractivity contribution in [3.05, 3.63) is 58.5 Å². The summed E-state index contributed by atoms with van der Waals surface area (Å²) in [6.45, 7) is 0. The minimum Gasteiger partial charge on any atom is -0.366 e. The number of primary amides is 1. The number of carbonyl (C=O) groups is 1. The summed E-state index contributed by atoms with van der Waals surface area (Å²) in [5.41, 5.74) is 4.28. The van der Waals surface area contributed by atoms with Crippen LogP contribution in [0.25, 0.3) is 0 Å². The van der Waals surface area contributed by atoms with Gasteiger partial charge < -0.3 is 5.73 Å². The molecule has 0 unspecified atom stereocenters. The molecule has 0 atom stereocenters. The number of anilines is 1. The first kappa shape index (κ1) is 18.7. The van der Waals surface area contributed by atoms with E-state index in [1.54, 1.807) is 0 Å². The second-order valence-corrected chi connectivity index (χ2v) is 6.53. The van der Waals surface area contributed by atoms with Crippen LogP contribution in [-0.2, 0) is 16.6 Å². The van der Waals surface area contributed by atoms with Gasteiger partial charge >= 0.3 is 0 Å². The van der Waals surface area contributed by atoms with Gasteiger partial charge in [0.1, 0.15) is 0 Å². The number of nitrogens with zero attached hydrogens (tertiary/aromatic N) is 1. The van der Waals surface area contributed by atoms with Crippen molar-refractivity contribution >= 4 is 21.9 Å². The summed E-state index contributed by atoms with van der Waals surface area (Å²) in [5, 5.41) is 0. The molecule has 1 heterocycles. The van der Waals surface area contributed by atoms with Gasteiger partial charge in [0.15, 0.2) is 23.3 Å². The largest absolute Gasteiger partial charge is 0.366 e. The smallest absolute Gasteiger partial charge is 0.300 e. The quantitative estimate of drug-likeness (QED) is 0.701. The number of hydrogen-bond donors (Lipinski definition) is 3. The van der Waals surface area contributed by atoms with Gasteiger partial charge in [0.25, 0.3) is 10.2 Å². The van der Waals surface area contributed by atoms with E-state index in [4.69, 9.17) is 5.73 Å². The van der Waals surface area contributed by atoms with Gasteiger partial charge in [-0.25, -0.2) is 22.9 Å². The van der Waals surface area contributed by atoms with E-state index in [1.807, 2.05) is 9.44 Å². The van der Waals surface area contributed by atoms with Crippen molar-refractivity contribution in [2.24, 2.45) is 5.73 Å². The third-order valence-electron chi connectivity index (χ3n) is 3.24. The highest BCUT2D eigenvalue weighted by Crippen LogP contribution is 2.22. The number of benzene rings is 1. The fourth-order valence-corrected chi connectivity index (χ4v) is 2.49. The van der Waals surface area contributed by atoms with Gasteiger partial charge in [0.05, 0.1) is 0 Å². The van der Waals surface area contributed by atoms with Gasteiger partial charge in [0.2, 0.25) is 5.91 Å². The lowest BCUT2D eigenvalue weighted by molar-refractivity contribution is 0.0999. The molecular weight excluding hydrogens is 361 g/mol. The molecule has 7 nitrogen and oxygen atoms in total. The fraction of sp³-hybridized carbons (Fsp3) is 0.143. The van der Waals surface area contributed by atoms with Crippen LogP contribution in [0, 0.1) is 17.5 Å². The van der Waals surface area contributed by atoms with E-state index >= 15 is 0 Å². The second kappa shape index (κ2) is 7.07. The topological polar surface area (TPSA) is 114 Å². The molecule has 4 N–H and O–H groups in total. The van der Waals surface area contributed by atoms with E-state index < -0.39 is 45.8 Å². The number of amides is 1. The van der Waals surface area contributed by atoms with Crippen molar-refractivity contribution in [1.29, 1.82) is 0 Å². The number of nitrogens with one attached hydrogen (secondary N) is 2. The summed E-state index contributed by atoms with van der Waals surface area (Å²) < 4.78 is 68.5. The van der Waals surface area contributed by atoms with E-state index in [9.17, 15) is 26.4 Å². The number of carbonyl (C=O) groups excluding carboxylic acids is 1. The molecule has 2 rings (SSSR count). The number of rotatable bonds is 6. The molecule has 134 valence electrons. The van der Waals surface area contributed by atoms with E-state index in [2.05, 4.69) is 4.98 Å². The Hall–Kier alpha value is -2.66.